The highest BCUT2D eigenvalue weighted by molar-refractivity contribution is 5.95. The van der Waals surface area contributed by atoms with Gasteiger partial charge in [-0.15, -0.1) is 0 Å². The first kappa shape index (κ1) is 18.1. The maximum absolute atomic E-state index is 13.1. The second kappa shape index (κ2) is 8.09. The molecule has 0 aromatic heterocycles. The molecule has 1 aliphatic carbocycles. The fourth-order valence-corrected chi connectivity index (χ4v) is 4.32. The van der Waals surface area contributed by atoms with Crippen LogP contribution in [0.1, 0.15) is 55.8 Å². The van der Waals surface area contributed by atoms with Gasteiger partial charge in [0.05, 0.1) is 19.8 Å². The maximum atomic E-state index is 13.1. The Kier molecular flexibility index (Phi) is 5.84. The number of carbonyl (C=O) groups excluding carboxylic acids is 1. The van der Waals surface area contributed by atoms with E-state index in [-0.39, 0.29) is 24.0 Å². The quantitative estimate of drug-likeness (QED) is 0.888. The molecule has 1 N–H and O–H groups in total. The van der Waals surface area contributed by atoms with Crippen molar-refractivity contribution in [3.8, 4) is 11.5 Å². The average Bonchev–Trinajstić information content (AvgIpc) is 3.11. The number of aliphatic hydroxyl groups excluding tert-OH is 1. The summed E-state index contributed by atoms with van der Waals surface area (Å²) in [6.07, 6.45) is 5.84. The maximum Gasteiger partial charge on any atom is 0.254 e. The molecule has 138 valence electrons. The molecule has 0 radical (unpaired) electrons. The van der Waals surface area contributed by atoms with Crippen LogP contribution in [0.3, 0.4) is 0 Å². The third-order valence-corrected chi connectivity index (χ3v) is 5.55. The first-order valence-corrected chi connectivity index (χ1v) is 9.45. The molecule has 1 saturated heterocycles. The van der Waals surface area contributed by atoms with Crippen LogP contribution < -0.4 is 9.47 Å². The van der Waals surface area contributed by atoms with Gasteiger partial charge in [-0.2, -0.15) is 0 Å². The number of likely N-dealkylation sites (tertiary alicyclic amines) is 1. The first-order chi connectivity index (χ1) is 12.2. The standard InChI is InChI=1S/C20H29NO4/c1-3-25-18-11-10-14(13-19(18)24-2)20(23)21-12-6-8-16(21)15-7-4-5-9-17(15)22/h10-11,13,15-17,22H,3-9,12H2,1-2H3/t15-,16-,17+/m1/s1. The summed E-state index contributed by atoms with van der Waals surface area (Å²) in [7, 11) is 1.59. The summed E-state index contributed by atoms with van der Waals surface area (Å²) in [5.41, 5.74) is 0.623. The fraction of sp³-hybridized carbons (Fsp3) is 0.650. The van der Waals surface area contributed by atoms with Crippen molar-refractivity contribution in [2.24, 2.45) is 5.92 Å². The van der Waals surface area contributed by atoms with Gasteiger partial charge in [0.15, 0.2) is 11.5 Å². The normalized spacial score (nSPS) is 26.5. The van der Waals surface area contributed by atoms with E-state index in [0.717, 1.165) is 45.1 Å². The number of aliphatic hydroxyl groups is 1. The zero-order valence-corrected chi connectivity index (χ0v) is 15.2. The van der Waals surface area contributed by atoms with E-state index in [9.17, 15) is 9.90 Å². The fourth-order valence-electron chi connectivity index (χ4n) is 4.32. The van der Waals surface area contributed by atoms with E-state index in [1.165, 1.54) is 0 Å². The molecule has 3 rings (SSSR count). The highest BCUT2D eigenvalue weighted by atomic mass is 16.5. The molecule has 1 amide bonds. The summed E-state index contributed by atoms with van der Waals surface area (Å²) < 4.78 is 10.9. The second-order valence-corrected chi connectivity index (χ2v) is 7.02. The Morgan fingerprint density at radius 1 is 1.20 bits per heavy atom. The van der Waals surface area contributed by atoms with Gasteiger partial charge in [-0.25, -0.2) is 0 Å². The van der Waals surface area contributed by atoms with Crippen molar-refractivity contribution in [3.63, 3.8) is 0 Å². The third kappa shape index (κ3) is 3.76. The summed E-state index contributed by atoms with van der Waals surface area (Å²) in [6, 6.07) is 5.53. The number of hydrogen-bond donors (Lipinski definition) is 1. The monoisotopic (exact) mass is 347 g/mol. The molecule has 2 aliphatic rings. The minimum absolute atomic E-state index is 0.0293. The number of carbonyl (C=O) groups is 1. The Hall–Kier alpha value is -1.75. The van der Waals surface area contributed by atoms with Crippen molar-refractivity contribution in [2.45, 2.75) is 57.6 Å². The van der Waals surface area contributed by atoms with Crippen LogP contribution in [-0.2, 0) is 0 Å². The zero-order chi connectivity index (χ0) is 17.8. The van der Waals surface area contributed by atoms with Crippen molar-refractivity contribution in [1.29, 1.82) is 0 Å². The Morgan fingerprint density at radius 3 is 2.72 bits per heavy atom. The summed E-state index contributed by atoms with van der Waals surface area (Å²) in [5.74, 6) is 1.48. The van der Waals surface area contributed by atoms with Crippen molar-refractivity contribution >= 4 is 5.91 Å². The topological polar surface area (TPSA) is 59.0 Å². The van der Waals surface area contributed by atoms with Gasteiger partial charge in [0.25, 0.3) is 5.91 Å². The summed E-state index contributed by atoms with van der Waals surface area (Å²) in [5, 5.41) is 10.4. The molecule has 2 fully saturated rings. The third-order valence-electron chi connectivity index (χ3n) is 5.55. The van der Waals surface area contributed by atoms with Gasteiger partial charge in [0.1, 0.15) is 0 Å². The van der Waals surface area contributed by atoms with Crippen LogP contribution in [0.15, 0.2) is 18.2 Å². The lowest BCUT2D eigenvalue weighted by molar-refractivity contribution is 0.0211. The van der Waals surface area contributed by atoms with E-state index in [1.54, 1.807) is 19.2 Å². The second-order valence-electron chi connectivity index (χ2n) is 7.02. The highest BCUT2D eigenvalue weighted by Gasteiger charge is 2.39. The minimum Gasteiger partial charge on any atom is -0.493 e. The Bertz CT molecular complexity index is 603. The minimum atomic E-state index is -0.276. The lowest BCUT2D eigenvalue weighted by Crippen LogP contribution is -2.45. The number of hydrogen-bond acceptors (Lipinski definition) is 4. The molecule has 1 aliphatic heterocycles. The van der Waals surface area contributed by atoms with Crippen LogP contribution in [0.5, 0.6) is 11.5 Å². The zero-order valence-electron chi connectivity index (χ0n) is 15.2. The molecule has 1 aromatic carbocycles. The van der Waals surface area contributed by atoms with Gasteiger partial charge in [-0.05, 0) is 50.8 Å². The number of methoxy groups -OCH3 is 1. The molecule has 25 heavy (non-hydrogen) atoms. The molecule has 5 heteroatoms. The highest BCUT2D eigenvalue weighted by Crippen LogP contribution is 2.36. The number of nitrogens with zero attached hydrogens (tertiary/aromatic N) is 1. The Labute approximate surface area is 149 Å². The average molecular weight is 347 g/mol. The van der Waals surface area contributed by atoms with Crippen LogP contribution in [0, 0.1) is 5.92 Å². The molecule has 0 unspecified atom stereocenters. The van der Waals surface area contributed by atoms with Crippen molar-refractivity contribution in [3.05, 3.63) is 23.8 Å². The predicted molar refractivity (Wildman–Crippen MR) is 96.2 cm³/mol. The molecular formula is C20H29NO4. The summed E-state index contributed by atoms with van der Waals surface area (Å²) in [6.45, 7) is 3.24. The van der Waals surface area contributed by atoms with E-state index in [0.29, 0.717) is 23.7 Å². The lowest BCUT2D eigenvalue weighted by atomic mass is 9.80. The molecule has 1 saturated carbocycles. The summed E-state index contributed by atoms with van der Waals surface area (Å²) >= 11 is 0. The smallest absolute Gasteiger partial charge is 0.254 e. The molecule has 5 nitrogen and oxygen atoms in total. The molecule has 3 atom stereocenters. The van der Waals surface area contributed by atoms with E-state index >= 15 is 0 Å². The van der Waals surface area contributed by atoms with Gasteiger partial charge >= 0.3 is 0 Å². The molecule has 1 heterocycles. The molecule has 0 bridgehead atoms. The van der Waals surface area contributed by atoms with Crippen LogP contribution >= 0.6 is 0 Å². The Balaban J connectivity index is 1.79. The van der Waals surface area contributed by atoms with Crippen LogP contribution in [0.2, 0.25) is 0 Å². The van der Waals surface area contributed by atoms with Gasteiger partial charge in [0.2, 0.25) is 0 Å². The van der Waals surface area contributed by atoms with E-state index < -0.39 is 0 Å². The van der Waals surface area contributed by atoms with Crippen LogP contribution in [0.4, 0.5) is 0 Å². The van der Waals surface area contributed by atoms with Crippen molar-refractivity contribution < 1.29 is 19.4 Å². The van der Waals surface area contributed by atoms with Crippen LogP contribution in [0.25, 0.3) is 0 Å². The number of rotatable bonds is 5. The van der Waals surface area contributed by atoms with Crippen molar-refractivity contribution in [1.82, 2.24) is 4.90 Å². The Morgan fingerprint density at radius 2 is 2.00 bits per heavy atom. The molecule has 0 spiro atoms. The van der Waals surface area contributed by atoms with E-state index in [4.69, 9.17) is 9.47 Å². The SMILES string of the molecule is CCOc1ccc(C(=O)N2CCC[C@@H]2[C@H]2CCCC[C@@H]2O)cc1OC. The van der Waals surface area contributed by atoms with Gasteiger partial charge < -0.3 is 19.5 Å². The summed E-state index contributed by atoms with van der Waals surface area (Å²) in [4.78, 5) is 15.1. The van der Waals surface area contributed by atoms with Gasteiger partial charge in [0, 0.05) is 24.1 Å². The van der Waals surface area contributed by atoms with Gasteiger partial charge in [-0.3, -0.25) is 4.79 Å². The number of ether oxygens (including phenoxy) is 2. The molecular weight excluding hydrogens is 318 g/mol. The van der Waals surface area contributed by atoms with Crippen molar-refractivity contribution in [2.75, 3.05) is 20.3 Å². The van der Waals surface area contributed by atoms with E-state index in [1.807, 2.05) is 17.9 Å². The number of benzene rings is 1. The predicted octanol–water partition coefficient (Wildman–Crippen LogP) is 3.25. The largest absolute Gasteiger partial charge is 0.493 e. The van der Waals surface area contributed by atoms with Gasteiger partial charge in [-0.1, -0.05) is 12.8 Å². The van der Waals surface area contributed by atoms with E-state index in [2.05, 4.69) is 0 Å². The van der Waals surface area contributed by atoms with Crippen LogP contribution in [-0.4, -0.2) is 48.3 Å². The number of amides is 1. The molecule has 1 aromatic rings. The first-order valence-electron chi connectivity index (χ1n) is 9.45. The lowest BCUT2D eigenvalue weighted by Gasteiger charge is -2.37.